The van der Waals surface area contributed by atoms with Gasteiger partial charge in [0.25, 0.3) is 0 Å². The Morgan fingerprint density at radius 2 is 2.12 bits per heavy atom. The number of aromatic carboxylic acids is 1. The molecule has 0 aliphatic carbocycles. The Hall–Kier alpha value is -2.02. The lowest BCUT2D eigenvalue weighted by atomic mass is 10.2. The largest absolute Gasteiger partial charge is 0.481 e. The molecule has 0 amide bonds. The predicted octanol–water partition coefficient (Wildman–Crippen LogP) is 1.44. The maximum Gasteiger partial charge on any atom is 0.335 e. The van der Waals surface area contributed by atoms with Gasteiger partial charge in [0.1, 0.15) is 0 Å². The van der Waals surface area contributed by atoms with E-state index in [1.165, 1.54) is 12.1 Å². The summed E-state index contributed by atoms with van der Waals surface area (Å²) in [4.78, 5) is 28.2. The Kier molecular flexibility index (Phi) is 3.01. The first-order valence-corrected chi connectivity index (χ1v) is 5.62. The fourth-order valence-corrected chi connectivity index (χ4v) is 1.92. The number of hydrogen-bond donors (Lipinski definition) is 3. The van der Waals surface area contributed by atoms with E-state index in [2.05, 4.69) is 9.97 Å². The first-order valence-electron chi connectivity index (χ1n) is 4.64. The van der Waals surface area contributed by atoms with Crippen LogP contribution in [0.25, 0.3) is 11.0 Å². The number of fused-ring (bicyclic) bond motifs is 1. The first-order chi connectivity index (χ1) is 8.06. The van der Waals surface area contributed by atoms with Crippen LogP contribution in [0, 0.1) is 0 Å². The van der Waals surface area contributed by atoms with Crippen molar-refractivity contribution in [3.63, 3.8) is 0 Å². The van der Waals surface area contributed by atoms with E-state index >= 15 is 0 Å². The van der Waals surface area contributed by atoms with Gasteiger partial charge < -0.3 is 15.2 Å². The van der Waals surface area contributed by atoms with Gasteiger partial charge in [0.05, 0.1) is 22.3 Å². The molecule has 0 aliphatic rings. The number of nitrogens with zero attached hydrogens (tertiary/aromatic N) is 1. The maximum absolute atomic E-state index is 10.7. The normalized spacial score (nSPS) is 10.6. The van der Waals surface area contributed by atoms with Crippen molar-refractivity contribution in [2.24, 2.45) is 0 Å². The minimum Gasteiger partial charge on any atom is -0.481 e. The number of carboxylic acids is 2. The molecule has 2 rings (SSSR count). The van der Waals surface area contributed by atoms with Crippen molar-refractivity contribution in [1.29, 1.82) is 0 Å². The Balaban J connectivity index is 2.30. The van der Waals surface area contributed by atoms with Crippen molar-refractivity contribution in [2.45, 2.75) is 5.16 Å². The first kappa shape index (κ1) is 11.5. The van der Waals surface area contributed by atoms with Crippen LogP contribution in [0.2, 0.25) is 0 Å². The summed E-state index contributed by atoms with van der Waals surface area (Å²) in [6.45, 7) is 0. The lowest BCUT2D eigenvalue weighted by Gasteiger charge is -1.92. The van der Waals surface area contributed by atoms with Crippen molar-refractivity contribution >= 4 is 34.7 Å². The van der Waals surface area contributed by atoms with Gasteiger partial charge >= 0.3 is 11.9 Å². The molecule has 1 aromatic carbocycles. The number of H-pyrrole nitrogens is 1. The molecule has 2 aromatic rings. The molecule has 6 nitrogen and oxygen atoms in total. The Morgan fingerprint density at radius 3 is 2.76 bits per heavy atom. The number of imidazole rings is 1. The zero-order valence-corrected chi connectivity index (χ0v) is 9.32. The summed E-state index contributed by atoms with van der Waals surface area (Å²) in [5.41, 5.74) is 1.35. The van der Waals surface area contributed by atoms with Crippen LogP contribution in [-0.2, 0) is 4.79 Å². The van der Waals surface area contributed by atoms with E-state index in [9.17, 15) is 9.59 Å². The summed E-state index contributed by atoms with van der Waals surface area (Å²) in [6.07, 6.45) is 0. The van der Waals surface area contributed by atoms with Gasteiger partial charge in [-0.15, -0.1) is 0 Å². The summed E-state index contributed by atoms with van der Waals surface area (Å²) in [5.74, 6) is -2.04. The number of hydrogen-bond acceptors (Lipinski definition) is 4. The molecule has 0 saturated heterocycles. The molecule has 1 aromatic heterocycles. The average Bonchev–Trinajstić information content (AvgIpc) is 2.67. The molecule has 0 unspecified atom stereocenters. The standard InChI is InChI=1S/C10H8N2O4S/c13-8(14)4-17-10-11-6-2-1-5(9(15)16)3-7(6)12-10/h1-3H,4H2,(H,11,12)(H,13,14)(H,15,16). The second-order valence-electron chi connectivity index (χ2n) is 3.26. The van der Waals surface area contributed by atoms with Crippen LogP contribution in [0.3, 0.4) is 0 Å². The van der Waals surface area contributed by atoms with Gasteiger partial charge in [-0.3, -0.25) is 4.79 Å². The van der Waals surface area contributed by atoms with Gasteiger partial charge in [0.2, 0.25) is 0 Å². The minimum absolute atomic E-state index is 0.0917. The van der Waals surface area contributed by atoms with Crippen LogP contribution in [0.15, 0.2) is 23.4 Å². The second kappa shape index (κ2) is 4.46. The van der Waals surface area contributed by atoms with Crippen molar-refractivity contribution in [3.05, 3.63) is 23.8 Å². The monoisotopic (exact) mass is 252 g/mol. The molecule has 17 heavy (non-hydrogen) atoms. The highest BCUT2D eigenvalue weighted by Gasteiger charge is 2.08. The highest BCUT2D eigenvalue weighted by atomic mass is 32.2. The molecule has 0 atom stereocenters. The topological polar surface area (TPSA) is 103 Å². The average molecular weight is 252 g/mol. The maximum atomic E-state index is 10.7. The van der Waals surface area contributed by atoms with E-state index < -0.39 is 11.9 Å². The third kappa shape index (κ3) is 2.56. The number of carboxylic acid groups (broad SMARTS) is 2. The molecule has 0 bridgehead atoms. The van der Waals surface area contributed by atoms with Gasteiger partial charge in [-0.1, -0.05) is 11.8 Å². The van der Waals surface area contributed by atoms with E-state index in [1.807, 2.05) is 0 Å². The molecule has 0 fully saturated rings. The zero-order valence-electron chi connectivity index (χ0n) is 8.51. The lowest BCUT2D eigenvalue weighted by molar-refractivity contribution is -0.133. The summed E-state index contributed by atoms with van der Waals surface area (Å²) in [6, 6.07) is 4.52. The van der Waals surface area contributed by atoms with Crippen molar-refractivity contribution in [2.75, 3.05) is 5.75 Å². The highest BCUT2D eigenvalue weighted by molar-refractivity contribution is 7.99. The van der Waals surface area contributed by atoms with E-state index in [1.54, 1.807) is 6.07 Å². The van der Waals surface area contributed by atoms with E-state index in [-0.39, 0.29) is 11.3 Å². The van der Waals surface area contributed by atoms with Gasteiger partial charge in [-0.05, 0) is 18.2 Å². The molecule has 88 valence electrons. The fraction of sp³-hybridized carbons (Fsp3) is 0.100. The van der Waals surface area contributed by atoms with Gasteiger partial charge in [0.15, 0.2) is 5.16 Å². The quantitative estimate of drug-likeness (QED) is 0.711. The lowest BCUT2D eigenvalue weighted by Crippen LogP contribution is -1.97. The highest BCUT2D eigenvalue weighted by Crippen LogP contribution is 2.20. The van der Waals surface area contributed by atoms with Gasteiger partial charge in [-0.25, -0.2) is 9.78 Å². The summed E-state index contributed by atoms with van der Waals surface area (Å²) < 4.78 is 0. The molecular weight excluding hydrogens is 244 g/mol. The molecule has 0 spiro atoms. The van der Waals surface area contributed by atoms with Crippen LogP contribution >= 0.6 is 11.8 Å². The van der Waals surface area contributed by atoms with Crippen LogP contribution in [0.1, 0.15) is 10.4 Å². The zero-order chi connectivity index (χ0) is 12.4. The predicted molar refractivity (Wildman–Crippen MR) is 61.4 cm³/mol. The molecule has 1 heterocycles. The molecule has 0 aliphatic heterocycles. The number of nitrogens with one attached hydrogen (secondary N) is 1. The van der Waals surface area contributed by atoms with Gasteiger partial charge in [-0.2, -0.15) is 0 Å². The Bertz CT molecular complexity index is 593. The number of aromatic amines is 1. The molecule has 7 heteroatoms. The molecular formula is C10H8N2O4S. The second-order valence-corrected chi connectivity index (χ2v) is 4.23. The summed E-state index contributed by atoms with van der Waals surface area (Å²) >= 11 is 1.05. The number of benzene rings is 1. The number of aliphatic carboxylic acids is 1. The van der Waals surface area contributed by atoms with E-state index in [4.69, 9.17) is 10.2 Å². The van der Waals surface area contributed by atoms with Crippen LogP contribution < -0.4 is 0 Å². The number of thioether (sulfide) groups is 1. The number of aromatic nitrogens is 2. The van der Waals surface area contributed by atoms with E-state index in [0.717, 1.165) is 11.8 Å². The summed E-state index contributed by atoms with van der Waals surface area (Å²) in [5, 5.41) is 17.8. The molecule has 3 N–H and O–H groups in total. The molecule has 0 saturated carbocycles. The minimum atomic E-state index is -1.02. The molecule has 0 radical (unpaired) electrons. The van der Waals surface area contributed by atoms with Crippen molar-refractivity contribution in [3.8, 4) is 0 Å². The Morgan fingerprint density at radius 1 is 1.35 bits per heavy atom. The van der Waals surface area contributed by atoms with Crippen LogP contribution in [-0.4, -0.2) is 37.9 Å². The van der Waals surface area contributed by atoms with E-state index in [0.29, 0.717) is 16.2 Å². The van der Waals surface area contributed by atoms with Crippen molar-refractivity contribution < 1.29 is 19.8 Å². The third-order valence-electron chi connectivity index (χ3n) is 2.04. The van der Waals surface area contributed by atoms with Gasteiger partial charge in [0, 0.05) is 0 Å². The smallest absolute Gasteiger partial charge is 0.335 e. The number of rotatable bonds is 4. The SMILES string of the molecule is O=C(O)CSc1nc2cc(C(=O)O)ccc2[nH]1. The van der Waals surface area contributed by atoms with Crippen LogP contribution in [0.5, 0.6) is 0 Å². The Labute approximate surface area is 99.7 Å². The summed E-state index contributed by atoms with van der Waals surface area (Å²) in [7, 11) is 0. The van der Waals surface area contributed by atoms with Crippen molar-refractivity contribution in [1.82, 2.24) is 9.97 Å². The third-order valence-corrected chi connectivity index (χ3v) is 2.90. The fourth-order valence-electron chi connectivity index (χ4n) is 1.31. The number of carbonyl (C=O) groups is 2. The van der Waals surface area contributed by atoms with Crippen LogP contribution in [0.4, 0.5) is 0 Å².